The molecule has 1 aromatic carbocycles. The van der Waals surface area contributed by atoms with Gasteiger partial charge in [0, 0.05) is 18.6 Å². The van der Waals surface area contributed by atoms with Crippen LogP contribution in [0.2, 0.25) is 0 Å². The van der Waals surface area contributed by atoms with Gasteiger partial charge in [-0.05, 0) is 18.6 Å². The molecule has 0 saturated carbocycles. The molecule has 1 aliphatic heterocycles. The maximum Gasteiger partial charge on any atom is 0.514 e. The van der Waals surface area contributed by atoms with E-state index in [1.807, 2.05) is 0 Å². The smallest absolute Gasteiger partial charge is 0.428 e. The molecule has 7 heteroatoms. The van der Waals surface area contributed by atoms with Gasteiger partial charge in [-0.1, -0.05) is 0 Å². The van der Waals surface area contributed by atoms with Crippen LogP contribution in [0.15, 0.2) is 18.2 Å². The Kier molecular flexibility index (Phi) is 3.96. The topological polar surface area (TPSA) is 87.9 Å². The van der Waals surface area contributed by atoms with Crippen LogP contribution < -0.4 is 4.74 Å². The predicted octanol–water partition coefficient (Wildman–Crippen LogP) is 2.21. The summed E-state index contributed by atoms with van der Waals surface area (Å²) in [6.45, 7) is 2.55. The molecule has 2 rings (SSSR count). The predicted molar refractivity (Wildman–Crippen MR) is 64.2 cm³/mol. The average molecular weight is 267 g/mol. The first-order chi connectivity index (χ1) is 9.06. The van der Waals surface area contributed by atoms with E-state index in [9.17, 15) is 14.9 Å². The van der Waals surface area contributed by atoms with E-state index in [1.165, 1.54) is 18.2 Å². The lowest BCUT2D eigenvalue weighted by Crippen LogP contribution is -2.21. The van der Waals surface area contributed by atoms with E-state index in [2.05, 4.69) is 0 Å². The lowest BCUT2D eigenvalue weighted by atomic mass is 10.2. The van der Waals surface area contributed by atoms with Gasteiger partial charge in [0.05, 0.1) is 18.1 Å². The zero-order chi connectivity index (χ0) is 13.8. The Labute approximate surface area is 109 Å². The minimum absolute atomic E-state index is 0.0533. The first kappa shape index (κ1) is 13.3. The van der Waals surface area contributed by atoms with Crippen molar-refractivity contribution in [3.05, 3.63) is 33.9 Å². The summed E-state index contributed by atoms with van der Waals surface area (Å²) in [6, 6.07) is 3.98. The maximum atomic E-state index is 11.5. The summed E-state index contributed by atoms with van der Waals surface area (Å²) >= 11 is 0. The van der Waals surface area contributed by atoms with Crippen molar-refractivity contribution >= 4 is 11.8 Å². The van der Waals surface area contributed by atoms with Crippen molar-refractivity contribution in [2.45, 2.75) is 19.4 Å². The van der Waals surface area contributed by atoms with E-state index in [0.29, 0.717) is 25.2 Å². The Balaban J connectivity index is 1.98. The molecule has 0 amide bonds. The minimum Gasteiger partial charge on any atom is -0.428 e. The summed E-state index contributed by atoms with van der Waals surface area (Å²) in [5.41, 5.74) is 0.441. The summed E-state index contributed by atoms with van der Waals surface area (Å²) in [6.07, 6.45) is -0.466. The summed E-state index contributed by atoms with van der Waals surface area (Å²) in [5, 5.41) is 10.6. The number of nitro benzene ring substituents is 1. The highest BCUT2D eigenvalue weighted by Gasteiger charge is 2.21. The van der Waals surface area contributed by atoms with Gasteiger partial charge in [-0.15, -0.1) is 0 Å². The van der Waals surface area contributed by atoms with Crippen molar-refractivity contribution in [1.82, 2.24) is 0 Å². The Bertz CT molecular complexity index is 495. The second-order valence-electron chi connectivity index (χ2n) is 4.16. The van der Waals surface area contributed by atoms with Gasteiger partial charge in [0.2, 0.25) is 0 Å². The van der Waals surface area contributed by atoms with E-state index < -0.39 is 11.1 Å². The van der Waals surface area contributed by atoms with Gasteiger partial charge in [0.25, 0.3) is 5.69 Å². The Morgan fingerprint density at radius 2 is 2.32 bits per heavy atom. The monoisotopic (exact) mass is 267 g/mol. The van der Waals surface area contributed by atoms with Crippen LogP contribution in [-0.2, 0) is 9.47 Å². The molecule has 7 nitrogen and oxygen atoms in total. The molecule has 0 N–H and O–H groups in total. The highest BCUT2D eigenvalue weighted by molar-refractivity contribution is 5.65. The molecule has 1 atom stereocenters. The molecule has 19 heavy (non-hydrogen) atoms. The van der Waals surface area contributed by atoms with Crippen molar-refractivity contribution in [2.24, 2.45) is 0 Å². The van der Waals surface area contributed by atoms with Gasteiger partial charge in [0.1, 0.15) is 11.9 Å². The largest absolute Gasteiger partial charge is 0.514 e. The van der Waals surface area contributed by atoms with Crippen molar-refractivity contribution in [3.63, 3.8) is 0 Å². The number of non-ortho nitro benzene ring substituents is 1. The van der Waals surface area contributed by atoms with E-state index in [-0.39, 0.29) is 17.5 Å². The number of nitrogens with zero attached hydrogens (tertiary/aromatic N) is 1. The van der Waals surface area contributed by atoms with Crippen LogP contribution in [-0.4, -0.2) is 30.4 Å². The first-order valence-electron chi connectivity index (χ1n) is 5.77. The molecule has 1 heterocycles. The molecule has 102 valence electrons. The third kappa shape index (κ3) is 3.41. The number of benzene rings is 1. The number of carbonyl (C=O) groups excluding carboxylic acids is 1. The molecule has 0 bridgehead atoms. The van der Waals surface area contributed by atoms with Gasteiger partial charge < -0.3 is 14.2 Å². The molecule has 1 aliphatic rings. The fourth-order valence-corrected chi connectivity index (χ4v) is 1.72. The van der Waals surface area contributed by atoms with E-state index in [4.69, 9.17) is 14.2 Å². The van der Waals surface area contributed by atoms with Crippen LogP contribution in [0.1, 0.15) is 12.0 Å². The Hall–Kier alpha value is -2.15. The van der Waals surface area contributed by atoms with Gasteiger partial charge in [-0.2, -0.15) is 0 Å². The molecule has 0 spiro atoms. The molecule has 1 saturated heterocycles. The molecule has 1 fully saturated rings. The van der Waals surface area contributed by atoms with Gasteiger partial charge in [-0.3, -0.25) is 10.1 Å². The summed E-state index contributed by atoms with van der Waals surface area (Å²) in [5.74, 6) is 0.245. The van der Waals surface area contributed by atoms with Gasteiger partial charge in [-0.25, -0.2) is 4.79 Å². The number of aryl methyl sites for hydroxylation is 1. The van der Waals surface area contributed by atoms with Crippen LogP contribution >= 0.6 is 0 Å². The van der Waals surface area contributed by atoms with Crippen molar-refractivity contribution < 1.29 is 23.9 Å². The maximum absolute atomic E-state index is 11.5. The highest BCUT2D eigenvalue weighted by Crippen LogP contribution is 2.24. The van der Waals surface area contributed by atoms with E-state index in [1.54, 1.807) is 6.92 Å². The van der Waals surface area contributed by atoms with Crippen molar-refractivity contribution in [2.75, 3.05) is 13.2 Å². The Morgan fingerprint density at radius 1 is 1.53 bits per heavy atom. The Morgan fingerprint density at radius 3 is 2.89 bits per heavy atom. The summed E-state index contributed by atoms with van der Waals surface area (Å²) < 4.78 is 15.1. The van der Waals surface area contributed by atoms with Crippen molar-refractivity contribution in [3.8, 4) is 5.75 Å². The SMILES string of the molecule is Cc1cc([N+](=O)[O-])ccc1OC(=O)OC1CCOC1. The van der Waals surface area contributed by atoms with Crippen molar-refractivity contribution in [1.29, 1.82) is 0 Å². The normalized spacial score (nSPS) is 18.1. The summed E-state index contributed by atoms with van der Waals surface area (Å²) in [7, 11) is 0. The van der Waals surface area contributed by atoms with Crippen LogP contribution in [0.5, 0.6) is 5.75 Å². The third-order valence-corrected chi connectivity index (χ3v) is 2.71. The van der Waals surface area contributed by atoms with E-state index >= 15 is 0 Å². The summed E-state index contributed by atoms with van der Waals surface area (Å²) in [4.78, 5) is 21.6. The van der Waals surface area contributed by atoms with Crippen LogP contribution in [0.4, 0.5) is 10.5 Å². The third-order valence-electron chi connectivity index (χ3n) is 2.71. The minimum atomic E-state index is -0.826. The van der Waals surface area contributed by atoms with Gasteiger partial charge >= 0.3 is 6.16 Å². The van der Waals surface area contributed by atoms with Gasteiger partial charge in [0.15, 0.2) is 0 Å². The number of carbonyl (C=O) groups is 1. The second kappa shape index (κ2) is 5.66. The number of hydrogen-bond donors (Lipinski definition) is 0. The molecule has 0 radical (unpaired) electrons. The molecular formula is C12H13NO6. The van der Waals surface area contributed by atoms with Crippen LogP contribution in [0.3, 0.4) is 0 Å². The average Bonchev–Trinajstić information content (AvgIpc) is 2.84. The molecule has 1 unspecified atom stereocenters. The number of hydrogen-bond acceptors (Lipinski definition) is 6. The van der Waals surface area contributed by atoms with Crippen LogP contribution in [0.25, 0.3) is 0 Å². The fourth-order valence-electron chi connectivity index (χ4n) is 1.72. The second-order valence-corrected chi connectivity index (χ2v) is 4.16. The number of rotatable bonds is 3. The zero-order valence-electron chi connectivity index (χ0n) is 10.3. The van der Waals surface area contributed by atoms with Crippen LogP contribution in [0, 0.1) is 17.0 Å². The number of nitro groups is 1. The molecule has 0 aliphatic carbocycles. The lowest BCUT2D eigenvalue weighted by molar-refractivity contribution is -0.384. The zero-order valence-corrected chi connectivity index (χ0v) is 10.3. The molecular weight excluding hydrogens is 254 g/mol. The first-order valence-corrected chi connectivity index (χ1v) is 5.77. The number of ether oxygens (including phenoxy) is 3. The quantitative estimate of drug-likeness (QED) is 0.361. The molecule has 1 aromatic rings. The van der Waals surface area contributed by atoms with E-state index in [0.717, 1.165) is 0 Å². The fraction of sp³-hybridized carbons (Fsp3) is 0.417. The standard InChI is InChI=1S/C12H13NO6/c1-8-6-9(13(15)16)2-3-11(8)19-12(14)18-10-4-5-17-7-10/h2-3,6,10H,4-5,7H2,1H3. The highest BCUT2D eigenvalue weighted by atomic mass is 16.7. The lowest BCUT2D eigenvalue weighted by Gasteiger charge is -2.11. The molecule has 0 aromatic heterocycles.